The molecule has 0 spiro atoms. The molecule has 1 N–H and O–H groups in total. The first-order valence-corrected chi connectivity index (χ1v) is 11.7. The number of rotatable bonds is 6. The second-order valence-corrected chi connectivity index (χ2v) is 9.50. The number of nitrogens with one attached hydrogen (secondary N) is 1. The summed E-state index contributed by atoms with van der Waals surface area (Å²) in [6, 6.07) is 17.8. The number of hydrogen-bond donors (Lipinski definition) is 1. The molecule has 2 heterocycles. The lowest BCUT2D eigenvalue weighted by Crippen LogP contribution is -2.34. The van der Waals surface area contributed by atoms with Crippen LogP contribution in [-0.2, 0) is 16.4 Å². The summed E-state index contributed by atoms with van der Waals surface area (Å²) in [5.41, 5.74) is 1.84. The first kappa shape index (κ1) is 19.7. The molecule has 0 amide bonds. The summed E-state index contributed by atoms with van der Waals surface area (Å²) in [6.07, 6.45) is 4.61. The highest BCUT2D eigenvalue weighted by molar-refractivity contribution is 7.90. The van der Waals surface area contributed by atoms with E-state index in [-0.39, 0.29) is 5.92 Å². The lowest BCUT2D eigenvalue weighted by Gasteiger charge is -2.32. The van der Waals surface area contributed by atoms with Gasteiger partial charge in [-0.15, -0.1) is 0 Å². The van der Waals surface area contributed by atoms with Gasteiger partial charge in [0.2, 0.25) is 0 Å². The smallest absolute Gasteiger partial charge is 0.178 e. The van der Waals surface area contributed by atoms with E-state index in [1.54, 1.807) is 0 Å². The van der Waals surface area contributed by atoms with Crippen LogP contribution in [0.15, 0.2) is 65.7 Å². The van der Waals surface area contributed by atoms with E-state index in [9.17, 15) is 8.42 Å². The minimum atomic E-state index is -3.29. The van der Waals surface area contributed by atoms with E-state index in [2.05, 4.69) is 21.2 Å². The maximum Gasteiger partial charge on any atom is 0.178 e. The number of aromatic nitrogens is 2. The number of nitrogens with zero attached hydrogens (tertiary/aromatic N) is 2. The summed E-state index contributed by atoms with van der Waals surface area (Å²) >= 11 is 0. The minimum Gasteiger partial charge on any atom is -0.457 e. The Hall–Kier alpha value is -2.64. The zero-order chi connectivity index (χ0) is 20.3. The van der Waals surface area contributed by atoms with Crippen molar-refractivity contribution in [1.29, 1.82) is 0 Å². The van der Waals surface area contributed by atoms with Crippen molar-refractivity contribution in [3.05, 3.63) is 72.1 Å². The normalized spacial score (nSPS) is 17.9. The Balaban J connectivity index is 1.50. The maximum absolute atomic E-state index is 12.1. The molecule has 29 heavy (non-hydrogen) atoms. The fourth-order valence-corrected chi connectivity index (χ4v) is 4.75. The Bertz CT molecular complexity index is 1060. The van der Waals surface area contributed by atoms with Crippen LogP contribution in [-0.4, -0.2) is 42.9 Å². The standard InChI is InChI=1S/C22H25N3O3S/c1-29(26,27)21-14-23-24-22(21)18-9-7-13-25(16-18)15-17-8-5-6-12-20(17)28-19-10-3-2-4-11-19/h2-6,8,10-12,14,18H,7,9,13,15-16H2,1H3,(H,23,24). The quantitative estimate of drug-likeness (QED) is 0.664. The summed E-state index contributed by atoms with van der Waals surface area (Å²) in [7, 11) is -3.29. The van der Waals surface area contributed by atoms with Crippen LogP contribution in [0.5, 0.6) is 11.5 Å². The summed E-state index contributed by atoms with van der Waals surface area (Å²) < 4.78 is 30.2. The van der Waals surface area contributed by atoms with Gasteiger partial charge in [-0.1, -0.05) is 36.4 Å². The van der Waals surface area contributed by atoms with Crippen LogP contribution >= 0.6 is 0 Å². The number of hydrogen-bond acceptors (Lipinski definition) is 5. The molecule has 1 saturated heterocycles. The molecule has 7 heteroatoms. The third-order valence-corrected chi connectivity index (χ3v) is 6.41. The molecule has 6 nitrogen and oxygen atoms in total. The topological polar surface area (TPSA) is 75.3 Å². The molecular formula is C22H25N3O3S. The Kier molecular flexibility index (Phi) is 5.69. The Labute approximate surface area is 171 Å². The van der Waals surface area contributed by atoms with E-state index in [0.29, 0.717) is 4.90 Å². The van der Waals surface area contributed by atoms with Crippen molar-refractivity contribution in [2.24, 2.45) is 0 Å². The van der Waals surface area contributed by atoms with E-state index in [4.69, 9.17) is 4.74 Å². The number of ether oxygens (including phenoxy) is 1. The first-order chi connectivity index (χ1) is 14.0. The van der Waals surface area contributed by atoms with Crippen molar-refractivity contribution >= 4 is 9.84 Å². The van der Waals surface area contributed by atoms with Gasteiger partial charge in [0.05, 0.1) is 11.9 Å². The molecule has 1 fully saturated rings. The Morgan fingerprint density at radius 3 is 2.69 bits per heavy atom. The molecule has 1 aliphatic heterocycles. The lowest BCUT2D eigenvalue weighted by atomic mass is 9.94. The van der Waals surface area contributed by atoms with E-state index in [1.165, 1.54) is 12.5 Å². The van der Waals surface area contributed by atoms with Gasteiger partial charge in [-0.2, -0.15) is 5.10 Å². The molecule has 1 aromatic heterocycles. The monoisotopic (exact) mass is 411 g/mol. The lowest BCUT2D eigenvalue weighted by molar-refractivity contribution is 0.196. The zero-order valence-corrected chi connectivity index (χ0v) is 17.2. The van der Waals surface area contributed by atoms with Crippen LogP contribution in [0.25, 0.3) is 0 Å². The zero-order valence-electron chi connectivity index (χ0n) is 16.4. The first-order valence-electron chi connectivity index (χ1n) is 9.77. The number of benzene rings is 2. The van der Waals surface area contributed by atoms with Gasteiger partial charge in [0, 0.05) is 30.8 Å². The Morgan fingerprint density at radius 1 is 1.14 bits per heavy atom. The molecule has 3 aromatic rings. The van der Waals surface area contributed by atoms with Crippen molar-refractivity contribution < 1.29 is 13.2 Å². The molecule has 1 unspecified atom stereocenters. The van der Waals surface area contributed by atoms with Gasteiger partial charge in [-0.3, -0.25) is 10.00 Å². The van der Waals surface area contributed by atoms with Crippen molar-refractivity contribution in [3.63, 3.8) is 0 Å². The van der Waals surface area contributed by atoms with E-state index in [1.807, 2.05) is 48.5 Å². The number of sulfone groups is 1. The predicted octanol–water partition coefficient (Wildman–Crippen LogP) is 3.99. The van der Waals surface area contributed by atoms with Crippen LogP contribution < -0.4 is 4.74 Å². The van der Waals surface area contributed by atoms with E-state index >= 15 is 0 Å². The van der Waals surface area contributed by atoms with Crippen LogP contribution in [0.4, 0.5) is 0 Å². The average Bonchev–Trinajstić information content (AvgIpc) is 3.21. The third-order valence-electron chi connectivity index (χ3n) is 5.28. The number of piperidine rings is 1. The van der Waals surface area contributed by atoms with Crippen molar-refractivity contribution in [3.8, 4) is 11.5 Å². The van der Waals surface area contributed by atoms with Gasteiger partial charge in [0.1, 0.15) is 16.4 Å². The predicted molar refractivity (Wildman–Crippen MR) is 112 cm³/mol. The largest absolute Gasteiger partial charge is 0.457 e. The minimum absolute atomic E-state index is 0.123. The number of likely N-dealkylation sites (tertiary alicyclic amines) is 1. The molecule has 152 valence electrons. The van der Waals surface area contributed by atoms with Crippen molar-refractivity contribution in [1.82, 2.24) is 15.1 Å². The summed E-state index contributed by atoms with van der Waals surface area (Å²) in [6.45, 7) is 2.50. The van der Waals surface area contributed by atoms with Gasteiger partial charge in [0.15, 0.2) is 9.84 Å². The fourth-order valence-electron chi connectivity index (χ4n) is 3.90. The molecule has 0 aliphatic carbocycles. The number of para-hydroxylation sites is 2. The molecule has 1 atom stereocenters. The average molecular weight is 412 g/mol. The molecule has 0 bridgehead atoms. The van der Waals surface area contributed by atoms with Gasteiger partial charge < -0.3 is 4.74 Å². The molecule has 1 aliphatic rings. The van der Waals surface area contributed by atoms with Crippen LogP contribution in [0.2, 0.25) is 0 Å². The number of H-pyrrole nitrogens is 1. The van der Waals surface area contributed by atoms with Gasteiger partial charge in [0.25, 0.3) is 0 Å². The molecule has 0 radical (unpaired) electrons. The maximum atomic E-state index is 12.1. The third kappa shape index (κ3) is 4.68. The van der Waals surface area contributed by atoms with Crippen molar-refractivity contribution in [2.45, 2.75) is 30.2 Å². The van der Waals surface area contributed by atoms with Gasteiger partial charge >= 0.3 is 0 Å². The highest BCUT2D eigenvalue weighted by Crippen LogP contribution is 2.32. The van der Waals surface area contributed by atoms with Crippen LogP contribution in [0.1, 0.15) is 30.0 Å². The molecule has 0 saturated carbocycles. The van der Waals surface area contributed by atoms with Crippen LogP contribution in [0.3, 0.4) is 0 Å². The highest BCUT2D eigenvalue weighted by Gasteiger charge is 2.28. The molecule has 4 rings (SSSR count). The van der Waals surface area contributed by atoms with Crippen molar-refractivity contribution in [2.75, 3.05) is 19.3 Å². The Morgan fingerprint density at radius 2 is 1.90 bits per heavy atom. The summed E-state index contributed by atoms with van der Waals surface area (Å²) in [5.74, 6) is 1.78. The second-order valence-electron chi connectivity index (χ2n) is 7.52. The number of aromatic amines is 1. The summed E-state index contributed by atoms with van der Waals surface area (Å²) in [5, 5.41) is 6.92. The second kappa shape index (κ2) is 8.39. The SMILES string of the molecule is CS(=O)(=O)c1cn[nH]c1C1CCCN(Cc2ccccc2Oc2ccccc2)C1. The molecule has 2 aromatic carbocycles. The summed E-state index contributed by atoms with van der Waals surface area (Å²) in [4.78, 5) is 2.67. The van der Waals surface area contributed by atoms with Crippen LogP contribution in [0, 0.1) is 0 Å². The van der Waals surface area contributed by atoms with Gasteiger partial charge in [-0.05, 0) is 37.6 Å². The van der Waals surface area contributed by atoms with E-state index < -0.39 is 9.84 Å². The van der Waals surface area contributed by atoms with E-state index in [0.717, 1.165) is 55.2 Å². The highest BCUT2D eigenvalue weighted by atomic mass is 32.2. The van der Waals surface area contributed by atoms with Gasteiger partial charge in [-0.25, -0.2) is 8.42 Å². The fraction of sp³-hybridized carbons (Fsp3) is 0.318. The molecular weight excluding hydrogens is 386 g/mol.